The fourth-order valence-electron chi connectivity index (χ4n) is 3.36. The van der Waals surface area contributed by atoms with Crippen molar-refractivity contribution in [3.63, 3.8) is 0 Å². The second-order valence-electron chi connectivity index (χ2n) is 6.22. The van der Waals surface area contributed by atoms with Crippen molar-refractivity contribution in [3.05, 3.63) is 22.4 Å². The van der Waals surface area contributed by atoms with E-state index in [9.17, 15) is 4.79 Å². The molecule has 3 rings (SSSR count). The van der Waals surface area contributed by atoms with Gasteiger partial charge in [0.05, 0.1) is 19.8 Å². The maximum atomic E-state index is 12.2. The maximum absolute atomic E-state index is 12.2. The van der Waals surface area contributed by atoms with Gasteiger partial charge in [-0.25, -0.2) is 0 Å². The van der Waals surface area contributed by atoms with Crippen LogP contribution in [-0.2, 0) is 20.7 Å². The van der Waals surface area contributed by atoms with Crippen molar-refractivity contribution in [1.82, 2.24) is 10.2 Å². The average Bonchev–Trinajstić information content (AvgIpc) is 3.28. The lowest BCUT2D eigenvalue weighted by atomic mass is 9.97. The van der Waals surface area contributed by atoms with E-state index in [2.05, 4.69) is 21.7 Å². The fraction of sp³-hybridized carbons (Fsp3) is 0.706. The van der Waals surface area contributed by atoms with E-state index in [1.165, 1.54) is 4.88 Å². The number of amides is 1. The van der Waals surface area contributed by atoms with E-state index in [-0.39, 0.29) is 5.91 Å². The smallest absolute Gasteiger partial charge is 0.220 e. The molecule has 0 radical (unpaired) electrons. The van der Waals surface area contributed by atoms with Crippen molar-refractivity contribution in [2.45, 2.75) is 25.3 Å². The van der Waals surface area contributed by atoms with Gasteiger partial charge in [0, 0.05) is 49.5 Å². The van der Waals surface area contributed by atoms with Crippen LogP contribution < -0.4 is 5.32 Å². The number of aryl methyl sites for hydroxylation is 1. The van der Waals surface area contributed by atoms with Gasteiger partial charge in [-0.05, 0) is 24.3 Å². The highest BCUT2D eigenvalue weighted by Crippen LogP contribution is 2.22. The third-order valence-electron chi connectivity index (χ3n) is 4.71. The van der Waals surface area contributed by atoms with Crippen LogP contribution in [0.25, 0.3) is 0 Å². The number of hydrogen-bond donors (Lipinski definition) is 1. The van der Waals surface area contributed by atoms with Crippen LogP contribution in [-0.4, -0.2) is 62.9 Å². The van der Waals surface area contributed by atoms with Gasteiger partial charge in [0.2, 0.25) is 5.91 Å². The Bertz CT molecular complexity index is 468. The molecule has 1 amide bonds. The Morgan fingerprint density at radius 2 is 2.22 bits per heavy atom. The molecule has 0 bridgehead atoms. The van der Waals surface area contributed by atoms with E-state index < -0.39 is 0 Å². The number of hydrogen-bond acceptors (Lipinski definition) is 5. The van der Waals surface area contributed by atoms with Crippen molar-refractivity contribution in [2.75, 3.05) is 46.1 Å². The summed E-state index contributed by atoms with van der Waals surface area (Å²) in [7, 11) is 0. The Morgan fingerprint density at radius 3 is 2.91 bits per heavy atom. The first-order valence-corrected chi connectivity index (χ1v) is 9.39. The molecule has 0 spiro atoms. The third-order valence-corrected chi connectivity index (χ3v) is 5.65. The monoisotopic (exact) mass is 338 g/mol. The maximum Gasteiger partial charge on any atom is 0.220 e. The molecular formula is C17H26N2O3S. The Hall–Kier alpha value is -0.950. The number of carbonyl (C=O) groups excluding carboxylic acids is 1. The summed E-state index contributed by atoms with van der Waals surface area (Å²) >= 11 is 1.71. The first-order chi connectivity index (χ1) is 11.3. The first kappa shape index (κ1) is 16.9. The molecule has 1 aromatic rings. The molecule has 2 saturated heterocycles. The van der Waals surface area contributed by atoms with E-state index in [0.29, 0.717) is 18.4 Å². The molecule has 0 aliphatic carbocycles. The fourth-order valence-corrected chi connectivity index (χ4v) is 4.07. The molecule has 1 aromatic heterocycles. The summed E-state index contributed by atoms with van der Waals surface area (Å²) in [6.45, 7) is 5.85. The summed E-state index contributed by atoms with van der Waals surface area (Å²) in [5, 5.41) is 5.20. The van der Waals surface area contributed by atoms with Crippen LogP contribution >= 0.6 is 11.3 Å². The predicted octanol–water partition coefficient (Wildman–Crippen LogP) is 1.53. The molecule has 0 saturated carbocycles. The van der Waals surface area contributed by atoms with Crippen LogP contribution in [0.15, 0.2) is 17.5 Å². The van der Waals surface area contributed by atoms with Gasteiger partial charge in [-0.3, -0.25) is 9.69 Å². The van der Waals surface area contributed by atoms with Crippen LogP contribution in [0.5, 0.6) is 0 Å². The summed E-state index contributed by atoms with van der Waals surface area (Å²) < 4.78 is 11.0. The SMILES string of the molecule is O=C(CCc1cccs1)NCC(C1CCOC1)N1CCOCC1. The number of thiophene rings is 1. The van der Waals surface area contributed by atoms with E-state index >= 15 is 0 Å². The molecule has 128 valence electrons. The number of morpholine rings is 1. The van der Waals surface area contributed by atoms with Gasteiger partial charge in [0.1, 0.15) is 0 Å². The molecule has 3 heterocycles. The minimum absolute atomic E-state index is 0.149. The molecular weight excluding hydrogens is 312 g/mol. The highest BCUT2D eigenvalue weighted by molar-refractivity contribution is 7.09. The molecule has 2 aliphatic rings. The summed E-state index contributed by atoms with van der Waals surface area (Å²) in [6, 6.07) is 4.49. The van der Waals surface area contributed by atoms with Gasteiger partial charge in [-0.1, -0.05) is 6.07 Å². The molecule has 2 atom stereocenters. The van der Waals surface area contributed by atoms with Crippen LogP contribution in [0.2, 0.25) is 0 Å². The summed E-state index contributed by atoms with van der Waals surface area (Å²) in [5.74, 6) is 0.668. The number of nitrogens with zero attached hydrogens (tertiary/aromatic N) is 1. The van der Waals surface area contributed by atoms with Gasteiger partial charge in [0.15, 0.2) is 0 Å². The van der Waals surface area contributed by atoms with Crippen molar-refractivity contribution >= 4 is 17.2 Å². The van der Waals surface area contributed by atoms with Crippen LogP contribution in [0.4, 0.5) is 0 Å². The summed E-state index contributed by atoms with van der Waals surface area (Å²) in [4.78, 5) is 15.9. The van der Waals surface area contributed by atoms with E-state index in [1.54, 1.807) is 11.3 Å². The first-order valence-electron chi connectivity index (χ1n) is 8.51. The second-order valence-corrected chi connectivity index (χ2v) is 7.26. The lowest BCUT2D eigenvalue weighted by molar-refractivity contribution is -0.121. The molecule has 6 heteroatoms. The highest BCUT2D eigenvalue weighted by Gasteiger charge is 2.31. The van der Waals surface area contributed by atoms with E-state index in [1.807, 2.05) is 6.07 Å². The van der Waals surface area contributed by atoms with Crippen molar-refractivity contribution < 1.29 is 14.3 Å². The Morgan fingerprint density at radius 1 is 1.35 bits per heavy atom. The zero-order valence-corrected chi connectivity index (χ0v) is 14.4. The normalized spacial score (nSPS) is 23.7. The number of ether oxygens (including phenoxy) is 2. The third kappa shape index (κ3) is 5.01. The van der Waals surface area contributed by atoms with Crippen molar-refractivity contribution in [2.24, 2.45) is 5.92 Å². The number of carbonyl (C=O) groups is 1. The van der Waals surface area contributed by atoms with Crippen LogP contribution in [0.1, 0.15) is 17.7 Å². The minimum Gasteiger partial charge on any atom is -0.381 e. The standard InChI is InChI=1S/C17H26N2O3S/c20-17(4-3-15-2-1-11-23-15)18-12-16(14-5-8-22-13-14)19-6-9-21-10-7-19/h1-2,11,14,16H,3-10,12-13H2,(H,18,20). The van der Waals surface area contributed by atoms with E-state index in [0.717, 1.165) is 58.9 Å². The topological polar surface area (TPSA) is 50.8 Å². The average molecular weight is 338 g/mol. The van der Waals surface area contributed by atoms with Gasteiger partial charge in [-0.15, -0.1) is 11.3 Å². The Labute approximate surface area is 142 Å². The Kier molecular flexibility index (Phi) is 6.45. The molecule has 0 aromatic carbocycles. The molecule has 5 nitrogen and oxygen atoms in total. The molecule has 23 heavy (non-hydrogen) atoms. The molecule has 2 fully saturated rings. The van der Waals surface area contributed by atoms with Crippen LogP contribution in [0.3, 0.4) is 0 Å². The van der Waals surface area contributed by atoms with Gasteiger partial charge < -0.3 is 14.8 Å². The van der Waals surface area contributed by atoms with Crippen LogP contribution in [0, 0.1) is 5.92 Å². The van der Waals surface area contributed by atoms with Crippen molar-refractivity contribution in [1.29, 1.82) is 0 Å². The largest absolute Gasteiger partial charge is 0.381 e. The molecule has 2 unspecified atom stereocenters. The summed E-state index contributed by atoms with van der Waals surface area (Å²) in [6.07, 6.45) is 2.49. The number of rotatable bonds is 7. The minimum atomic E-state index is 0.149. The predicted molar refractivity (Wildman–Crippen MR) is 90.8 cm³/mol. The zero-order chi connectivity index (χ0) is 15.9. The summed E-state index contributed by atoms with van der Waals surface area (Å²) in [5.41, 5.74) is 0. The lowest BCUT2D eigenvalue weighted by Crippen LogP contribution is -2.52. The van der Waals surface area contributed by atoms with Gasteiger partial charge in [0.25, 0.3) is 0 Å². The zero-order valence-electron chi connectivity index (χ0n) is 13.5. The van der Waals surface area contributed by atoms with Crippen molar-refractivity contribution in [3.8, 4) is 0 Å². The van der Waals surface area contributed by atoms with Gasteiger partial charge >= 0.3 is 0 Å². The highest BCUT2D eigenvalue weighted by atomic mass is 32.1. The number of nitrogens with one attached hydrogen (secondary N) is 1. The molecule has 2 aliphatic heterocycles. The second kappa shape index (κ2) is 8.78. The lowest BCUT2D eigenvalue weighted by Gasteiger charge is -2.37. The van der Waals surface area contributed by atoms with E-state index in [4.69, 9.17) is 9.47 Å². The Balaban J connectivity index is 1.47. The van der Waals surface area contributed by atoms with Gasteiger partial charge in [-0.2, -0.15) is 0 Å². The molecule has 1 N–H and O–H groups in total. The quantitative estimate of drug-likeness (QED) is 0.819.